The maximum Gasteiger partial charge on any atom is 1.00 e. The van der Waals surface area contributed by atoms with Gasteiger partial charge in [0.15, 0.2) is 0 Å². The molecule has 4 aromatic rings. The number of nitrogens with one attached hydrogen (secondary N) is 2. The fraction of sp³-hybridized carbons (Fsp3) is 0.0500. The van der Waals surface area contributed by atoms with E-state index in [9.17, 15) is 80.6 Å². The van der Waals surface area contributed by atoms with Crippen LogP contribution in [0.5, 0.6) is 0 Å². The third-order valence-electron chi connectivity index (χ3n) is 8.78. The number of anilines is 4. The molecule has 6 amide bonds. The molecule has 6 rings (SSSR count). The summed E-state index contributed by atoms with van der Waals surface area (Å²) in [6, 6.07) is 13.7. The van der Waals surface area contributed by atoms with Gasteiger partial charge in [-0.2, -0.15) is 16.8 Å². The fourth-order valence-electron chi connectivity index (χ4n) is 6.05. The second-order valence-electron chi connectivity index (χ2n) is 13.5. The summed E-state index contributed by atoms with van der Waals surface area (Å²) < 4.78 is 137. The molecule has 28 heteroatoms. The molecule has 0 saturated carbocycles. The molecule has 22 nitrogen and oxygen atoms in total. The minimum Gasteiger partial charge on any atom is -0.744 e. The van der Waals surface area contributed by atoms with Crippen LogP contribution in [0, 0.1) is 0 Å². The molecule has 0 atom stereocenters. The van der Waals surface area contributed by atoms with Gasteiger partial charge < -0.3 is 19.7 Å². The van der Waals surface area contributed by atoms with E-state index in [1.165, 1.54) is 62.4 Å². The van der Waals surface area contributed by atoms with Gasteiger partial charge in [-0.15, -0.1) is 0 Å². The minimum atomic E-state index is -4.97. The first-order valence-electron chi connectivity index (χ1n) is 18.0. The maximum absolute atomic E-state index is 11.9. The van der Waals surface area contributed by atoms with Crippen LogP contribution in [0.4, 0.5) is 22.7 Å². The van der Waals surface area contributed by atoms with E-state index in [1.54, 1.807) is 0 Å². The standard InChI is InChI=1S/2C20H16N2O9S2.2Na/c2*1-12(23)21-15-6-4-13(17(10-15)32(26,27)28)2-3-14-5-7-16(11-18(14)33(29,30)31)22-19(24)8-9-20(22)25;;/h2*2-11H,1H3,(H,21,23)(H,26,27,28)(H,29,30,31);;/q;;2*+1/p-2/b2*3-2+;;. The van der Waals surface area contributed by atoms with E-state index in [2.05, 4.69) is 10.6 Å². The summed E-state index contributed by atoms with van der Waals surface area (Å²) >= 11 is 0. The smallest absolute Gasteiger partial charge is 0.744 e. The molecule has 0 aliphatic carbocycles. The molecule has 2 aliphatic heterocycles. The van der Waals surface area contributed by atoms with Crippen molar-refractivity contribution in [2.75, 3.05) is 20.4 Å². The van der Waals surface area contributed by atoms with Crippen molar-refractivity contribution < 1.29 is 140 Å². The zero-order valence-corrected chi connectivity index (χ0v) is 42.8. The second-order valence-corrected chi connectivity index (χ2v) is 19.0. The predicted molar refractivity (Wildman–Crippen MR) is 231 cm³/mol. The number of carbonyl (C=O) groups excluding carboxylic acids is 6. The first-order chi connectivity index (χ1) is 30.5. The van der Waals surface area contributed by atoms with Crippen LogP contribution >= 0.6 is 0 Å². The topological polar surface area (TPSA) is 356 Å². The van der Waals surface area contributed by atoms with Gasteiger partial charge in [0.2, 0.25) is 11.8 Å². The number of imide groups is 2. The van der Waals surface area contributed by atoms with Gasteiger partial charge >= 0.3 is 59.1 Å². The molecule has 344 valence electrons. The van der Waals surface area contributed by atoms with Crippen LogP contribution in [0.3, 0.4) is 0 Å². The molecule has 0 fully saturated rings. The summed E-state index contributed by atoms with van der Waals surface area (Å²) in [5.41, 5.74) is -0.556. The van der Waals surface area contributed by atoms with E-state index in [4.69, 9.17) is 0 Å². The van der Waals surface area contributed by atoms with Gasteiger partial charge in [-0.1, -0.05) is 48.6 Å². The van der Waals surface area contributed by atoms with Crippen molar-refractivity contribution >= 4 is 123 Å². The Kier molecular flexibility index (Phi) is 18.8. The molecule has 2 aliphatic rings. The molecule has 4 aromatic carbocycles. The van der Waals surface area contributed by atoms with Crippen LogP contribution in [0.1, 0.15) is 36.1 Å². The molecule has 0 saturated heterocycles. The SMILES string of the molecule is CC(=O)Nc1ccc(/C=C/c2ccc(N3C(=O)C=CC3=O)cc2S(=O)(=O)O)c(S(=O)(=O)[O-])c1.CC(=O)Nc1ccc(/C=C/c2ccc(N3C(=O)C=CC3=O)cc2S(=O)(=O)O)c(S(=O)(=O)[O-])c1.[Na+].[Na+]. The zero-order chi connectivity index (χ0) is 49.1. The zero-order valence-electron chi connectivity index (χ0n) is 35.5. The van der Waals surface area contributed by atoms with Gasteiger partial charge in [0.05, 0.1) is 21.2 Å². The van der Waals surface area contributed by atoms with E-state index in [0.29, 0.717) is 9.80 Å². The van der Waals surface area contributed by atoms with Crippen molar-refractivity contribution in [2.45, 2.75) is 33.4 Å². The Balaban J connectivity index is 0.000000350. The molecule has 0 radical (unpaired) electrons. The van der Waals surface area contributed by atoms with Crippen LogP contribution < -0.4 is 79.5 Å². The molecular weight excluding hydrogens is 999 g/mol. The average Bonchev–Trinajstić information content (AvgIpc) is 3.72. The van der Waals surface area contributed by atoms with Crippen molar-refractivity contribution in [3.8, 4) is 0 Å². The number of carbonyl (C=O) groups is 6. The van der Waals surface area contributed by atoms with E-state index in [-0.39, 0.29) is 104 Å². The van der Waals surface area contributed by atoms with Crippen LogP contribution in [-0.2, 0) is 69.2 Å². The number of benzene rings is 4. The molecular formula is C40H30N4Na2O18S4. The van der Waals surface area contributed by atoms with Crippen LogP contribution in [0.25, 0.3) is 24.3 Å². The summed E-state index contributed by atoms with van der Waals surface area (Å²) in [5, 5.41) is 4.69. The van der Waals surface area contributed by atoms with Crippen molar-refractivity contribution in [1.82, 2.24) is 0 Å². The van der Waals surface area contributed by atoms with Gasteiger partial charge in [-0.3, -0.25) is 37.9 Å². The Bertz CT molecular complexity index is 3110. The summed E-state index contributed by atoms with van der Waals surface area (Å²) in [6.45, 7) is 2.39. The van der Waals surface area contributed by atoms with Gasteiger partial charge in [0.1, 0.15) is 30.0 Å². The maximum atomic E-state index is 11.9. The van der Waals surface area contributed by atoms with E-state index >= 15 is 0 Å². The van der Waals surface area contributed by atoms with Crippen LogP contribution in [0.15, 0.2) is 117 Å². The Morgan fingerprint density at radius 1 is 0.471 bits per heavy atom. The molecule has 2 heterocycles. The first-order valence-corrected chi connectivity index (χ1v) is 23.7. The molecule has 0 bridgehead atoms. The summed E-state index contributed by atoms with van der Waals surface area (Å²) in [5.74, 6) is -3.78. The van der Waals surface area contributed by atoms with E-state index in [1.807, 2.05) is 0 Å². The Morgan fingerprint density at radius 2 is 0.735 bits per heavy atom. The monoisotopic (exact) mass is 1030 g/mol. The van der Waals surface area contributed by atoms with Gasteiger partial charge in [-0.25, -0.2) is 26.6 Å². The first kappa shape index (κ1) is 57.0. The fourth-order valence-corrected chi connectivity index (χ4v) is 8.85. The average molecular weight is 1030 g/mol. The van der Waals surface area contributed by atoms with E-state index in [0.717, 1.165) is 72.9 Å². The van der Waals surface area contributed by atoms with Crippen LogP contribution in [0.2, 0.25) is 0 Å². The van der Waals surface area contributed by atoms with Crippen molar-refractivity contribution in [3.05, 3.63) is 119 Å². The number of hydrogen-bond donors (Lipinski definition) is 4. The quantitative estimate of drug-likeness (QED) is 0.0470. The summed E-state index contributed by atoms with van der Waals surface area (Å²) in [7, 11) is -19.6. The van der Waals surface area contributed by atoms with Gasteiger partial charge in [-0.05, 0) is 70.8 Å². The van der Waals surface area contributed by atoms with Crippen LogP contribution in [-0.4, -0.2) is 87.3 Å². The number of hydrogen-bond acceptors (Lipinski definition) is 16. The third-order valence-corrected chi connectivity index (χ3v) is 12.4. The van der Waals surface area contributed by atoms with E-state index < -0.39 is 95.5 Å². The van der Waals surface area contributed by atoms with Gasteiger partial charge in [0, 0.05) is 49.5 Å². The Hall–Kier alpha value is -5.30. The second kappa shape index (κ2) is 22.4. The molecule has 0 aromatic heterocycles. The van der Waals surface area contributed by atoms with Crippen molar-refractivity contribution in [3.63, 3.8) is 0 Å². The van der Waals surface area contributed by atoms with Crippen molar-refractivity contribution in [2.24, 2.45) is 0 Å². The van der Waals surface area contributed by atoms with Crippen molar-refractivity contribution in [1.29, 1.82) is 0 Å². The predicted octanol–water partition coefficient (Wildman–Crippen LogP) is -3.20. The Labute approximate surface area is 432 Å². The number of amides is 6. The number of nitrogens with zero attached hydrogens (tertiary/aromatic N) is 2. The molecule has 0 unspecified atom stereocenters. The minimum absolute atomic E-state index is 0. The largest absolute Gasteiger partial charge is 1.00 e. The van der Waals surface area contributed by atoms with Gasteiger partial charge in [0.25, 0.3) is 43.9 Å². The Morgan fingerprint density at radius 3 is 0.985 bits per heavy atom. The molecule has 0 spiro atoms. The summed E-state index contributed by atoms with van der Waals surface area (Å²) in [4.78, 5) is 68.5. The molecule has 4 N–H and O–H groups in total. The number of rotatable bonds is 12. The summed E-state index contributed by atoms with van der Waals surface area (Å²) in [6.07, 6.45) is 8.50. The third kappa shape index (κ3) is 14.4. The molecule has 68 heavy (non-hydrogen) atoms. The normalized spacial score (nSPS) is 13.9.